The van der Waals surface area contributed by atoms with E-state index in [0.29, 0.717) is 13.0 Å². The van der Waals surface area contributed by atoms with E-state index in [2.05, 4.69) is 15.4 Å². The second-order valence-electron chi connectivity index (χ2n) is 8.41. The molecule has 3 N–H and O–H groups in total. The van der Waals surface area contributed by atoms with Gasteiger partial charge in [-0.25, -0.2) is 13.1 Å². The first-order chi connectivity index (χ1) is 14.4. The van der Waals surface area contributed by atoms with Crippen LogP contribution in [0.2, 0.25) is 0 Å². The van der Waals surface area contributed by atoms with E-state index in [1.165, 1.54) is 12.8 Å². The molecule has 0 spiro atoms. The molecule has 166 valence electrons. The third-order valence-corrected chi connectivity index (χ3v) is 7.54. The van der Waals surface area contributed by atoms with Gasteiger partial charge in [-0.3, -0.25) is 9.59 Å². The number of hydrogen-bond acceptors (Lipinski definition) is 4. The molecule has 2 aliphatic carbocycles. The number of benzene rings is 1. The lowest BCUT2D eigenvalue weighted by atomic mass is 9.95. The Labute approximate surface area is 179 Å². The first kappa shape index (κ1) is 22.7. The average molecular weight is 436 g/mol. The first-order valence-corrected chi connectivity index (χ1v) is 12.6. The second-order valence-corrected chi connectivity index (χ2v) is 10.1. The van der Waals surface area contributed by atoms with Crippen molar-refractivity contribution in [2.24, 2.45) is 0 Å². The Hall–Kier alpha value is -1.93. The summed E-state index contributed by atoms with van der Waals surface area (Å²) in [5.41, 5.74) is 0.902. The Bertz CT molecular complexity index is 811. The number of hydrogen-bond donors (Lipinski definition) is 3. The Morgan fingerprint density at radius 1 is 0.800 bits per heavy atom. The van der Waals surface area contributed by atoms with Gasteiger partial charge in [0.1, 0.15) is 0 Å². The summed E-state index contributed by atoms with van der Waals surface area (Å²) in [6.07, 6.45) is 10.9. The van der Waals surface area contributed by atoms with Crippen LogP contribution in [0.4, 0.5) is 0 Å². The van der Waals surface area contributed by atoms with Crippen LogP contribution in [0, 0.1) is 0 Å². The molecule has 2 amide bonds. The van der Waals surface area contributed by atoms with E-state index in [1.54, 1.807) is 24.3 Å². The van der Waals surface area contributed by atoms with Crippen LogP contribution in [0.3, 0.4) is 0 Å². The SMILES string of the molecule is O=C(NCCc1ccc(S(=O)(=O)NC2CCCCC2)cc1)C(=O)NC1CCCCC1. The van der Waals surface area contributed by atoms with Gasteiger partial charge in [-0.15, -0.1) is 0 Å². The summed E-state index contributed by atoms with van der Waals surface area (Å²) in [5.74, 6) is -1.19. The van der Waals surface area contributed by atoms with Gasteiger partial charge in [-0.1, -0.05) is 50.7 Å². The smallest absolute Gasteiger partial charge is 0.309 e. The largest absolute Gasteiger partial charge is 0.348 e. The van der Waals surface area contributed by atoms with Crippen LogP contribution >= 0.6 is 0 Å². The fourth-order valence-electron chi connectivity index (χ4n) is 4.24. The molecule has 2 saturated carbocycles. The third kappa shape index (κ3) is 6.80. The van der Waals surface area contributed by atoms with Gasteiger partial charge < -0.3 is 10.6 Å². The molecule has 7 nitrogen and oxygen atoms in total. The number of amides is 2. The molecular weight excluding hydrogens is 402 g/mol. The van der Waals surface area contributed by atoms with Crippen LogP contribution in [0.15, 0.2) is 29.2 Å². The van der Waals surface area contributed by atoms with E-state index in [0.717, 1.165) is 56.9 Å². The summed E-state index contributed by atoms with van der Waals surface area (Å²) < 4.78 is 27.9. The highest BCUT2D eigenvalue weighted by Gasteiger charge is 2.22. The van der Waals surface area contributed by atoms with Gasteiger partial charge in [0.25, 0.3) is 0 Å². The molecular formula is C22H33N3O4S. The molecule has 0 heterocycles. The summed E-state index contributed by atoms with van der Waals surface area (Å²) >= 11 is 0. The minimum absolute atomic E-state index is 0.0263. The molecule has 0 radical (unpaired) electrons. The molecule has 0 atom stereocenters. The molecule has 1 aromatic rings. The summed E-state index contributed by atoms with van der Waals surface area (Å²) in [6, 6.07) is 6.83. The van der Waals surface area contributed by atoms with Gasteiger partial charge in [0.05, 0.1) is 4.90 Å². The normalized spacial score (nSPS) is 18.7. The maximum absolute atomic E-state index is 12.5. The molecule has 0 bridgehead atoms. The summed E-state index contributed by atoms with van der Waals surface area (Å²) in [5, 5.41) is 5.44. The predicted molar refractivity (Wildman–Crippen MR) is 115 cm³/mol. The third-order valence-electron chi connectivity index (χ3n) is 6.01. The van der Waals surface area contributed by atoms with Crippen molar-refractivity contribution in [2.45, 2.75) is 87.6 Å². The zero-order valence-corrected chi connectivity index (χ0v) is 18.3. The number of carbonyl (C=O) groups is 2. The molecule has 0 saturated heterocycles. The molecule has 8 heteroatoms. The highest BCUT2D eigenvalue weighted by molar-refractivity contribution is 7.89. The van der Waals surface area contributed by atoms with Crippen molar-refractivity contribution in [1.82, 2.24) is 15.4 Å². The van der Waals surface area contributed by atoms with Crippen molar-refractivity contribution in [3.05, 3.63) is 29.8 Å². The molecule has 0 aliphatic heterocycles. The van der Waals surface area contributed by atoms with Crippen LogP contribution in [-0.4, -0.2) is 38.9 Å². The number of sulfonamides is 1. The van der Waals surface area contributed by atoms with Gasteiger partial charge in [0, 0.05) is 18.6 Å². The minimum atomic E-state index is -3.51. The van der Waals surface area contributed by atoms with E-state index in [4.69, 9.17) is 0 Å². The quantitative estimate of drug-likeness (QED) is 0.572. The lowest BCUT2D eigenvalue weighted by molar-refractivity contribution is -0.139. The average Bonchev–Trinajstić information content (AvgIpc) is 2.75. The molecule has 0 unspecified atom stereocenters. The monoisotopic (exact) mass is 435 g/mol. The fourth-order valence-corrected chi connectivity index (χ4v) is 5.55. The van der Waals surface area contributed by atoms with E-state index < -0.39 is 21.8 Å². The Balaban J connectivity index is 1.42. The van der Waals surface area contributed by atoms with E-state index >= 15 is 0 Å². The van der Waals surface area contributed by atoms with Crippen LogP contribution in [0.1, 0.15) is 69.8 Å². The topological polar surface area (TPSA) is 104 Å². The van der Waals surface area contributed by atoms with Gasteiger partial charge in [0.2, 0.25) is 10.0 Å². The van der Waals surface area contributed by atoms with Crippen molar-refractivity contribution in [2.75, 3.05) is 6.54 Å². The molecule has 2 aliphatic rings. The van der Waals surface area contributed by atoms with E-state index in [-0.39, 0.29) is 17.0 Å². The van der Waals surface area contributed by atoms with Crippen LogP contribution in [0.5, 0.6) is 0 Å². The van der Waals surface area contributed by atoms with Crippen molar-refractivity contribution in [3.8, 4) is 0 Å². The standard InChI is InChI=1S/C22H33N3O4S/c26-21(22(27)24-18-7-3-1-4-8-18)23-16-15-17-11-13-20(14-12-17)30(28,29)25-19-9-5-2-6-10-19/h11-14,18-19,25H,1-10,15-16H2,(H,23,26)(H,24,27). The summed E-state index contributed by atoms with van der Waals surface area (Å²) in [7, 11) is -3.51. The fraction of sp³-hybridized carbons (Fsp3) is 0.636. The Kier molecular flexibility index (Phi) is 8.27. The summed E-state index contributed by atoms with van der Waals surface area (Å²) in [6.45, 7) is 0.323. The van der Waals surface area contributed by atoms with Crippen LogP contribution in [-0.2, 0) is 26.0 Å². The summed E-state index contributed by atoms with van der Waals surface area (Å²) in [4.78, 5) is 24.2. The molecule has 30 heavy (non-hydrogen) atoms. The van der Waals surface area contributed by atoms with Gasteiger partial charge in [0.15, 0.2) is 0 Å². The number of rotatable bonds is 7. The number of nitrogens with one attached hydrogen (secondary N) is 3. The lowest BCUT2D eigenvalue weighted by Gasteiger charge is -2.22. The molecule has 1 aromatic carbocycles. The van der Waals surface area contributed by atoms with Crippen molar-refractivity contribution >= 4 is 21.8 Å². The molecule has 3 rings (SSSR count). The highest BCUT2D eigenvalue weighted by atomic mass is 32.2. The highest BCUT2D eigenvalue weighted by Crippen LogP contribution is 2.20. The van der Waals surface area contributed by atoms with Gasteiger partial charge >= 0.3 is 11.8 Å². The Morgan fingerprint density at radius 2 is 1.37 bits per heavy atom. The molecule has 0 aromatic heterocycles. The maximum atomic E-state index is 12.5. The van der Waals surface area contributed by atoms with Gasteiger partial charge in [-0.05, 0) is 49.8 Å². The van der Waals surface area contributed by atoms with Crippen molar-refractivity contribution in [1.29, 1.82) is 0 Å². The lowest BCUT2D eigenvalue weighted by Crippen LogP contribution is -2.45. The first-order valence-electron chi connectivity index (χ1n) is 11.1. The van der Waals surface area contributed by atoms with Crippen LogP contribution < -0.4 is 15.4 Å². The van der Waals surface area contributed by atoms with E-state index in [9.17, 15) is 18.0 Å². The van der Waals surface area contributed by atoms with E-state index in [1.807, 2.05) is 0 Å². The molecule has 2 fully saturated rings. The zero-order chi connectivity index (χ0) is 21.4. The Morgan fingerprint density at radius 3 is 1.97 bits per heavy atom. The van der Waals surface area contributed by atoms with Crippen LogP contribution in [0.25, 0.3) is 0 Å². The zero-order valence-electron chi connectivity index (χ0n) is 17.5. The number of carbonyl (C=O) groups excluding carboxylic acids is 2. The second kappa shape index (κ2) is 10.9. The van der Waals surface area contributed by atoms with Crippen molar-refractivity contribution < 1.29 is 18.0 Å². The predicted octanol–water partition coefficient (Wildman–Crippen LogP) is 2.41. The maximum Gasteiger partial charge on any atom is 0.309 e. The minimum Gasteiger partial charge on any atom is -0.348 e. The van der Waals surface area contributed by atoms with Gasteiger partial charge in [-0.2, -0.15) is 0 Å². The van der Waals surface area contributed by atoms with Crippen molar-refractivity contribution in [3.63, 3.8) is 0 Å².